The Morgan fingerprint density at radius 1 is 1.27 bits per heavy atom. The van der Waals surface area contributed by atoms with Gasteiger partial charge < -0.3 is 0 Å². The predicted octanol–water partition coefficient (Wildman–Crippen LogP) is 4.01. The number of hydrogen-bond acceptors (Lipinski definition) is 0. The van der Waals surface area contributed by atoms with Crippen molar-refractivity contribution in [1.82, 2.24) is 0 Å². The van der Waals surface area contributed by atoms with Gasteiger partial charge in [0.25, 0.3) is 0 Å². The highest BCUT2D eigenvalue weighted by Crippen LogP contribution is 2.15. The molecular formula is C10H13Cl. The third kappa shape index (κ3) is 2.77. The number of allylic oxidation sites excluding steroid dienone is 1. The fourth-order valence-electron chi connectivity index (χ4n) is 0.790. The molecule has 1 aromatic carbocycles. The van der Waals surface area contributed by atoms with Gasteiger partial charge in [0.15, 0.2) is 0 Å². The number of rotatable bonds is 1. The van der Waals surface area contributed by atoms with Crippen molar-refractivity contribution in [1.29, 1.82) is 0 Å². The highest BCUT2D eigenvalue weighted by Gasteiger charge is 1.90. The minimum absolute atomic E-state index is 0. The topological polar surface area (TPSA) is 0 Å². The first-order chi connectivity index (χ1) is 4.84. The van der Waals surface area contributed by atoms with Crippen LogP contribution in [0.15, 0.2) is 30.3 Å². The largest absolute Gasteiger partial charge is 0.0870 e. The molecule has 0 aliphatic rings. The van der Waals surface area contributed by atoms with Gasteiger partial charge in [-0.15, -0.1) is 0 Å². The van der Waals surface area contributed by atoms with Crippen LogP contribution in [0.25, 0.3) is 6.08 Å². The molecule has 1 rings (SSSR count). The van der Waals surface area contributed by atoms with E-state index < -0.39 is 0 Å². The van der Waals surface area contributed by atoms with E-state index in [0.29, 0.717) is 0 Å². The Balaban J connectivity index is 0.000001000. The molecule has 0 fully saturated rings. The molecule has 11 heavy (non-hydrogen) atoms. The van der Waals surface area contributed by atoms with Gasteiger partial charge in [-0.25, -0.2) is 0 Å². The Morgan fingerprint density at radius 3 is 2.45 bits per heavy atom. The van der Waals surface area contributed by atoms with Crippen molar-refractivity contribution in [3.63, 3.8) is 0 Å². The molecule has 0 spiro atoms. The van der Waals surface area contributed by atoms with E-state index in [2.05, 4.69) is 0 Å². The van der Waals surface area contributed by atoms with Crippen LogP contribution in [0.3, 0.4) is 0 Å². The third-order valence-electron chi connectivity index (χ3n) is 1.25. The molecule has 0 radical (unpaired) electrons. The van der Waals surface area contributed by atoms with Crippen LogP contribution in [0.2, 0.25) is 5.02 Å². The zero-order chi connectivity index (χ0) is 7.40. The molecule has 1 aromatic rings. The summed E-state index contributed by atoms with van der Waals surface area (Å²) < 4.78 is 0. The molecule has 1 heteroatoms. The molecule has 0 N–H and O–H groups in total. The normalized spacial score (nSPS) is 9.64. The van der Waals surface area contributed by atoms with Gasteiger partial charge >= 0.3 is 0 Å². The van der Waals surface area contributed by atoms with Gasteiger partial charge in [0, 0.05) is 5.02 Å². The van der Waals surface area contributed by atoms with E-state index in [-0.39, 0.29) is 7.43 Å². The van der Waals surface area contributed by atoms with Gasteiger partial charge in [-0.3, -0.25) is 0 Å². The molecule has 60 valence electrons. The molecule has 0 saturated heterocycles. The molecule has 0 unspecified atom stereocenters. The van der Waals surface area contributed by atoms with E-state index in [4.69, 9.17) is 11.6 Å². The van der Waals surface area contributed by atoms with Gasteiger partial charge in [0.1, 0.15) is 0 Å². The summed E-state index contributed by atoms with van der Waals surface area (Å²) in [6, 6.07) is 7.77. The molecule has 0 atom stereocenters. The molecule has 0 heterocycles. The minimum Gasteiger partial charge on any atom is -0.0870 e. The summed E-state index contributed by atoms with van der Waals surface area (Å²) >= 11 is 5.85. The molecule has 0 amide bonds. The monoisotopic (exact) mass is 168 g/mol. The first kappa shape index (κ1) is 10.2. The average molecular weight is 169 g/mol. The van der Waals surface area contributed by atoms with Crippen LogP contribution < -0.4 is 0 Å². The van der Waals surface area contributed by atoms with Crippen molar-refractivity contribution in [2.75, 3.05) is 0 Å². The molecule has 0 aromatic heterocycles. The highest BCUT2D eigenvalue weighted by molar-refractivity contribution is 6.32. The quantitative estimate of drug-likeness (QED) is 0.595. The van der Waals surface area contributed by atoms with Crippen LogP contribution >= 0.6 is 11.6 Å². The Kier molecular flexibility index (Phi) is 4.64. The van der Waals surface area contributed by atoms with Crippen LogP contribution in [0.4, 0.5) is 0 Å². The van der Waals surface area contributed by atoms with E-state index in [1.807, 2.05) is 43.3 Å². The van der Waals surface area contributed by atoms with Gasteiger partial charge in [-0.2, -0.15) is 0 Å². The number of benzene rings is 1. The van der Waals surface area contributed by atoms with Gasteiger partial charge in [-0.1, -0.05) is 49.4 Å². The standard InChI is InChI=1S/C9H9Cl.CH4/c1-2-5-8-6-3-4-7-9(8)10;/h2-7H,1H3;1H4/b5-2+;. The Labute approximate surface area is 73.5 Å². The fourth-order valence-corrected chi connectivity index (χ4v) is 0.989. The Bertz CT molecular complexity index is 238. The van der Waals surface area contributed by atoms with Crippen LogP contribution in [0.1, 0.15) is 19.9 Å². The van der Waals surface area contributed by atoms with Crippen molar-refractivity contribution in [3.8, 4) is 0 Å². The van der Waals surface area contributed by atoms with Gasteiger partial charge in [0.05, 0.1) is 0 Å². The molecular weight excluding hydrogens is 156 g/mol. The van der Waals surface area contributed by atoms with E-state index in [1.165, 1.54) is 0 Å². The zero-order valence-electron chi connectivity index (χ0n) is 5.84. The van der Waals surface area contributed by atoms with Crippen molar-refractivity contribution in [2.45, 2.75) is 14.4 Å². The van der Waals surface area contributed by atoms with E-state index in [1.54, 1.807) is 0 Å². The summed E-state index contributed by atoms with van der Waals surface area (Å²) in [5.41, 5.74) is 1.08. The summed E-state index contributed by atoms with van der Waals surface area (Å²) in [4.78, 5) is 0. The Morgan fingerprint density at radius 2 is 1.91 bits per heavy atom. The third-order valence-corrected chi connectivity index (χ3v) is 1.60. The smallest absolute Gasteiger partial charge is 0.0478 e. The zero-order valence-corrected chi connectivity index (χ0v) is 6.60. The molecule has 0 nitrogen and oxygen atoms in total. The average Bonchev–Trinajstić information content (AvgIpc) is 1.94. The summed E-state index contributed by atoms with van der Waals surface area (Å²) in [7, 11) is 0. The van der Waals surface area contributed by atoms with Crippen molar-refractivity contribution in [3.05, 3.63) is 40.9 Å². The lowest BCUT2D eigenvalue weighted by molar-refractivity contribution is 1.64. The summed E-state index contributed by atoms with van der Waals surface area (Å²) in [6.07, 6.45) is 3.96. The van der Waals surface area contributed by atoms with Crippen LogP contribution in [0, 0.1) is 0 Å². The molecule has 0 saturated carbocycles. The molecule has 0 bridgehead atoms. The minimum atomic E-state index is 0. The van der Waals surface area contributed by atoms with Gasteiger partial charge in [-0.05, 0) is 18.6 Å². The van der Waals surface area contributed by atoms with Crippen LogP contribution in [0.5, 0.6) is 0 Å². The predicted molar refractivity (Wildman–Crippen MR) is 52.9 cm³/mol. The lowest BCUT2D eigenvalue weighted by Crippen LogP contribution is -1.70. The number of halogens is 1. The first-order valence-corrected chi connectivity index (χ1v) is 3.59. The fraction of sp³-hybridized carbons (Fsp3) is 0.200. The van der Waals surface area contributed by atoms with Crippen LogP contribution in [-0.4, -0.2) is 0 Å². The lowest BCUT2D eigenvalue weighted by Gasteiger charge is -1.93. The van der Waals surface area contributed by atoms with Crippen molar-refractivity contribution in [2.24, 2.45) is 0 Å². The van der Waals surface area contributed by atoms with Gasteiger partial charge in [0.2, 0.25) is 0 Å². The second-order valence-electron chi connectivity index (χ2n) is 2.02. The van der Waals surface area contributed by atoms with Crippen LogP contribution in [-0.2, 0) is 0 Å². The van der Waals surface area contributed by atoms with E-state index in [0.717, 1.165) is 10.6 Å². The van der Waals surface area contributed by atoms with Crippen molar-refractivity contribution < 1.29 is 0 Å². The second kappa shape index (κ2) is 4.97. The summed E-state index contributed by atoms with van der Waals surface area (Å²) in [5, 5.41) is 0.806. The maximum Gasteiger partial charge on any atom is 0.0478 e. The molecule has 0 aliphatic carbocycles. The Hall–Kier alpha value is -0.750. The highest BCUT2D eigenvalue weighted by atomic mass is 35.5. The SMILES string of the molecule is C.C/C=C/c1ccccc1Cl. The summed E-state index contributed by atoms with van der Waals surface area (Å²) in [6.45, 7) is 1.98. The molecule has 0 aliphatic heterocycles. The van der Waals surface area contributed by atoms with Crippen molar-refractivity contribution >= 4 is 17.7 Å². The van der Waals surface area contributed by atoms with E-state index in [9.17, 15) is 0 Å². The maximum atomic E-state index is 5.85. The summed E-state index contributed by atoms with van der Waals surface area (Å²) in [5.74, 6) is 0. The lowest BCUT2D eigenvalue weighted by atomic mass is 10.2. The number of hydrogen-bond donors (Lipinski definition) is 0. The second-order valence-corrected chi connectivity index (χ2v) is 2.43. The maximum absolute atomic E-state index is 5.85. The first-order valence-electron chi connectivity index (χ1n) is 3.22. The van der Waals surface area contributed by atoms with E-state index >= 15 is 0 Å².